The molecule has 0 atom stereocenters. The van der Waals surface area contributed by atoms with Gasteiger partial charge in [0, 0.05) is 12.5 Å². The minimum Gasteiger partial charge on any atom is -0.497 e. The summed E-state index contributed by atoms with van der Waals surface area (Å²) in [4.78, 5) is 12.3. The highest BCUT2D eigenvalue weighted by atomic mass is 16.5. The van der Waals surface area contributed by atoms with E-state index in [-0.39, 0.29) is 5.43 Å². The molecule has 4 heteroatoms. The summed E-state index contributed by atoms with van der Waals surface area (Å²) < 4.78 is 16.3. The fourth-order valence-electron chi connectivity index (χ4n) is 2.60. The topological polar surface area (TPSA) is 48.7 Å². The maximum Gasteiger partial charge on any atom is 0.193 e. The zero-order valence-corrected chi connectivity index (χ0v) is 13.2. The predicted octanol–water partition coefficient (Wildman–Crippen LogP) is 3.60. The number of hydrogen-bond donors (Lipinski definition) is 0. The molecule has 0 amide bonds. The lowest BCUT2D eigenvalue weighted by atomic mass is 10.1. The van der Waals surface area contributed by atoms with E-state index in [0.29, 0.717) is 28.9 Å². The molecule has 4 nitrogen and oxygen atoms in total. The van der Waals surface area contributed by atoms with Crippen molar-refractivity contribution in [1.82, 2.24) is 0 Å². The second-order valence-corrected chi connectivity index (χ2v) is 5.25. The Labute approximate surface area is 134 Å². The minimum atomic E-state index is -0.0554. The summed E-state index contributed by atoms with van der Waals surface area (Å²) in [7, 11) is 3.23. The first kappa shape index (κ1) is 15.2. The first-order valence-corrected chi connectivity index (χ1v) is 7.44. The fraction of sp³-hybridized carbons (Fsp3) is 0.211. The summed E-state index contributed by atoms with van der Waals surface area (Å²) in [5, 5.41) is 0.533. The zero-order valence-electron chi connectivity index (χ0n) is 13.2. The van der Waals surface area contributed by atoms with Gasteiger partial charge in [0.2, 0.25) is 0 Å². The molecule has 0 aliphatic heterocycles. The molecule has 0 bridgehead atoms. The van der Waals surface area contributed by atoms with E-state index in [1.807, 2.05) is 24.3 Å². The predicted molar refractivity (Wildman–Crippen MR) is 89.4 cm³/mol. The first-order valence-electron chi connectivity index (χ1n) is 7.44. The number of methoxy groups -OCH3 is 2. The van der Waals surface area contributed by atoms with Crippen molar-refractivity contribution in [2.45, 2.75) is 12.8 Å². The smallest absolute Gasteiger partial charge is 0.193 e. The molecule has 0 radical (unpaired) electrons. The molecule has 0 saturated heterocycles. The van der Waals surface area contributed by atoms with Gasteiger partial charge in [0.05, 0.1) is 19.6 Å². The summed E-state index contributed by atoms with van der Waals surface area (Å²) in [5.41, 5.74) is 1.61. The Hall–Kier alpha value is -2.75. The van der Waals surface area contributed by atoms with Gasteiger partial charge >= 0.3 is 0 Å². The molecule has 0 unspecified atom stereocenters. The van der Waals surface area contributed by atoms with Gasteiger partial charge in [-0.3, -0.25) is 4.79 Å². The van der Waals surface area contributed by atoms with Crippen LogP contribution in [0.5, 0.6) is 11.5 Å². The second kappa shape index (κ2) is 6.57. The third-order valence-corrected chi connectivity index (χ3v) is 3.82. The summed E-state index contributed by atoms with van der Waals surface area (Å²) in [6.07, 6.45) is 1.38. The molecule has 118 valence electrons. The maximum absolute atomic E-state index is 12.3. The van der Waals surface area contributed by atoms with Crippen molar-refractivity contribution >= 4 is 11.0 Å². The standard InChI is InChI=1S/C19H18O4/c1-21-14-9-10-19-16(11-14)17(20)12-15(23-19)8-7-13-5-3-4-6-18(13)22-2/h3-6,9-12H,7-8H2,1-2H3. The van der Waals surface area contributed by atoms with Crippen LogP contribution in [0.3, 0.4) is 0 Å². The summed E-state index contributed by atoms with van der Waals surface area (Å²) in [5.74, 6) is 2.16. The van der Waals surface area contributed by atoms with Crippen LogP contribution in [0.15, 0.2) is 57.7 Å². The van der Waals surface area contributed by atoms with Gasteiger partial charge in [0.25, 0.3) is 0 Å². The van der Waals surface area contributed by atoms with Crippen LogP contribution in [0.25, 0.3) is 11.0 Å². The average molecular weight is 310 g/mol. The molecule has 1 aromatic heterocycles. The van der Waals surface area contributed by atoms with Gasteiger partial charge in [0.15, 0.2) is 5.43 Å². The fourth-order valence-corrected chi connectivity index (χ4v) is 2.60. The summed E-state index contributed by atoms with van der Waals surface area (Å²) in [6.45, 7) is 0. The van der Waals surface area contributed by atoms with Crippen LogP contribution in [-0.2, 0) is 12.8 Å². The lowest BCUT2D eigenvalue weighted by molar-refractivity contribution is 0.408. The second-order valence-electron chi connectivity index (χ2n) is 5.25. The van der Waals surface area contributed by atoms with Gasteiger partial charge < -0.3 is 13.9 Å². The molecule has 3 rings (SSSR count). The summed E-state index contributed by atoms with van der Waals surface area (Å²) in [6, 6.07) is 14.7. The Morgan fingerprint density at radius 1 is 0.957 bits per heavy atom. The summed E-state index contributed by atoms with van der Waals surface area (Å²) >= 11 is 0. The number of fused-ring (bicyclic) bond motifs is 1. The average Bonchev–Trinajstić information content (AvgIpc) is 2.60. The monoisotopic (exact) mass is 310 g/mol. The number of rotatable bonds is 5. The quantitative estimate of drug-likeness (QED) is 0.722. The van der Waals surface area contributed by atoms with E-state index in [1.165, 1.54) is 0 Å². The SMILES string of the molecule is COc1ccc2oc(CCc3ccccc3OC)cc(=O)c2c1. The third kappa shape index (κ3) is 3.21. The molecule has 0 N–H and O–H groups in total. The molecule has 0 aliphatic carbocycles. The van der Waals surface area contributed by atoms with Crippen molar-refractivity contribution in [3.8, 4) is 11.5 Å². The highest BCUT2D eigenvalue weighted by Gasteiger charge is 2.08. The van der Waals surface area contributed by atoms with Crippen LogP contribution in [0, 0.1) is 0 Å². The highest BCUT2D eigenvalue weighted by Crippen LogP contribution is 2.22. The normalized spacial score (nSPS) is 10.7. The number of ether oxygens (including phenoxy) is 2. The molecule has 0 saturated carbocycles. The molecular weight excluding hydrogens is 292 g/mol. The molecule has 2 aromatic carbocycles. The van der Waals surface area contributed by atoms with Crippen molar-refractivity contribution in [3.63, 3.8) is 0 Å². The van der Waals surface area contributed by atoms with E-state index in [2.05, 4.69) is 0 Å². The van der Waals surface area contributed by atoms with Crippen molar-refractivity contribution < 1.29 is 13.9 Å². The van der Waals surface area contributed by atoms with Gasteiger partial charge in [-0.15, -0.1) is 0 Å². The van der Waals surface area contributed by atoms with Crippen LogP contribution in [0.4, 0.5) is 0 Å². The van der Waals surface area contributed by atoms with E-state index in [4.69, 9.17) is 13.9 Å². The first-order chi connectivity index (χ1) is 11.2. The van der Waals surface area contributed by atoms with E-state index >= 15 is 0 Å². The largest absolute Gasteiger partial charge is 0.497 e. The van der Waals surface area contributed by atoms with Crippen molar-refractivity contribution in [3.05, 3.63) is 70.1 Å². The molecule has 3 aromatic rings. The lowest BCUT2D eigenvalue weighted by Crippen LogP contribution is -2.04. The minimum absolute atomic E-state index is 0.0554. The number of hydrogen-bond acceptors (Lipinski definition) is 4. The van der Waals surface area contributed by atoms with Crippen molar-refractivity contribution in [2.75, 3.05) is 14.2 Å². The Bertz CT molecular complexity index is 880. The molecule has 1 heterocycles. The third-order valence-electron chi connectivity index (χ3n) is 3.82. The number of para-hydroxylation sites is 1. The van der Waals surface area contributed by atoms with Gasteiger partial charge in [0.1, 0.15) is 22.8 Å². The van der Waals surface area contributed by atoms with Gasteiger partial charge in [-0.2, -0.15) is 0 Å². The van der Waals surface area contributed by atoms with Gasteiger partial charge in [-0.05, 0) is 36.2 Å². The molecule has 0 spiro atoms. The number of benzene rings is 2. The Morgan fingerprint density at radius 2 is 1.78 bits per heavy atom. The van der Waals surface area contributed by atoms with Crippen LogP contribution >= 0.6 is 0 Å². The van der Waals surface area contributed by atoms with Crippen LogP contribution < -0.4 is 14.9 Å². The number of aryl methyl sites for hydroxylation is 2. The van der Waals surface area contributed by atoms with Gasteiger partial charge in [-0.25, -0.2) is 0 Å². The molecular formula is C19H18O4. The van der Waals surface area contributed by atoms with Gasteiger partial charge in [-0.1, -0.05) is 18.2 Å². The maximum atomic E-state index is 12.3. The van der Waals surface area contributed by atoms with Crippen molar-refractivity contribution in [2.24, 2.45) is 0 Å². The van der Waals surface area contributed by atoms with E-state index in [1.54, 1.807) is 38.5 Å². The molecule has 0 aliphatic rings. The molecule has 0 fully saturated rings. The van der Waals surface area contributed by atoms with Crippen LogP contribution in [0.1, 0.15) is 11.3 Å². The van der Waals surface area contributed by atoms with E-state index in [9.17, 15) is 4.79 Å². The van der Waals surface area contributed by atoms with Crippen molar-refractivity contribution in [1.29, 1.82) is 0 Å². The molecule has 23 heavy (non-hydrogen) atoms. The Balaban J connectivity index is 1.88. The lowest BCUT2D eigenvalue weighted by Gasteiger charge is -2.08. The highest BCUT2D eigenvalue weighted by molar-refractivity contribution is 5.78. The van der Waals surface area contributed by atoms with E-state index < -0.39 is 0 Å². The van der Waals surface area contributed by atoms with E-state index in [0.717, 1.165) is 17.7 Å². The Morgan fingerprint density at radius 3 is 2.57 bits per heavy atom. The van der Waals surface area contributed by atoms with Crippen LogP contribution in [-0.4, -0.2) is 14.2 Å². The van der Waals surface area contributed by atoms with Crippen LogP contribution in [0.2, 0.25) is 0 Å². The zero-order chi connectivity index (χ0) is 16.2. The Kier molecular flexibility index (Phi) is 4.33.